The zero-order valence-electron chi connectivity index (χ0n) is 14.1. The van der Waals surface area contributed by atoms with Crippen LogP contribution in [0.2, 0.25) is 0 Å². The predicted molar refractivity (Wildman–Crippen MR) is 102 cm³/mol. The van der Waals surface area contributed by atoms with Crippen LogP contribution in [0.3, 0.4) is 0 Å². The Morgan fingerprint density at radius 2 is 1.65 bits per heavy atom. The number of nitrogens with zero attached hydrogens (tertiary/aromatic N) is 3. The second-order valence-corrected chi connectivity index (χ2v) is 5.86. The van der Waals surface area contributed by atoms with E-state index in [4.69, 9.17) is 10.5 Å². The second-order valence-electron chi connectivity index (χ2n) is 5.86. The van der Waals surface area contributed by atoms with Gasteiger partial charge < -0.3 is 10.5 Å². The molecule has 128 valence electrons. The minimum atomic E-state index is 0.538. The first-order valence-corrected chi connectivity index (χ1v) is 8.33. The van der Waals surface area contributed by atoms with Crippen molar-refractivity contribution in [2.45, 2.75) is 6.61 Å². The molecule has 0 unspecified atom stereocenters. The highest BCUT2D eigenvalue weighted by atomic mass is 16.5. The van der Waals surface area contributed by atoms with E-state index in [9.17, 15) is 0 Å². The average molecular weight is 342 g/mol. The molecule has 0 aliphatic rings. The SMILES string of the molecule is Nc1cn(-c2ccccn2)nc1-c1ccc(OCc2ccccc2)cc1. The Kier molecular flexibility index (Phi) is 4.35. The lowest BCUT2D eigenvalue weighted by Crippen LogP contribution is -1.97. The molecule has 5 heteroatoms. The molecular weight excluding hydrogens is 324 g/mol. The van der Waals surface area contributed by atoms with Crippen molar-refractivity contribution in [1.82, 2.24) is 14.8 Å². The van der Waals surface area contributed by atoms with Crippen LogP contribution in [-0.2, 0) is 6.61 Å². The van der Waals surface area contributed by atoms with E-state index in [1.54, 1.807) is 17.1 Å². The Labute approximate surface area is 151 Å². The van der Waals surface area contributed by atoms with E-state index >= 15 is 0 Å². The summed E-state index contributed by atoms with van der Waals surface area (Å²) in [5.74, 6) is 1.54. The topological polar surface area (TPSA) is 66.0 Å². The molecule has 2 heterocycles. The molecule has 4 rings (SSSR count). The number of rotatable bonds is 5. The van der Waals surface area contributed by atoms with Crippen LogP contribution in [0.5, 0.6) is 5.75 Å². The van der Waals surface area contributed by atoms with Gasteiger partial charge in [0.1, 0.15) is 18.1 Å². The maximum Gasteiger partial charge on any atom is 0.153 e. The maximum atomic E-state index is 6.14. The zero-order valence-corrected chi connectivity index (χ0v) is 14.1. The van der Waals surface area contributed by atoms with Crippen molar-refractivity contribution in [2.24, 2.45) is 0 Å². The van der Waals surface area contributed by atoms with E-state index < -0.39 is 0 Å². The molecule has 2 aromatic heterocycles. The number of aromatic nitrogens is 3. The zero-order chi connectivity index (χ0) is 17.8. The van der Waals surface area contributed by atoms with Gasteiger partial charge in [-0.15, -0.1) is 0 Å². The lowest BCUT2D eigenvalue weighted by atomic mass is 10.1. The standard InChI is InChI=1S/C21H18N4O/c22-19-14-25(20-8-4-5-13-23-20)24-21(19)17-9-11-18(12-10-17)26-15-16-6-2-1-3-7-16/h1-14H,15,22H2. The van der Waals surface area contributed by atoms with Crippen LogP contribution in [-0.4, -0.2) is 14.8 Å². The minimum absolute atomic E-state index is 0.538. The molecule has 0 atom stereocenters. The van der Waals surface area contributed by atoms with Gasteiger partial charge in [0, 0.05) is 11.8 Å². The number of hydrogen-bond donors (Lipinski definition) is 1. The summed E-state index contributed by atoms with van der Waals surface area (Å²) in [5.41, 5.74) is 9.54. The highest BCUT2D eigenvalue weighted by Crippen LogP contribution is 2.27. The van der Waals surface area contributed by atoms with Crippen molar-refractivity contribution in [3.05, 3.63) is 90.8 Å². The van der Waals surface area contributed by atoms with Crippen LogP contribution >= 0.6 is 0 Å². The molecular formula is C21H18N4O. The number of ether oxygens (including phenoxy) is 1. The quantitative estimate of drug-likeness (QED) is 0.593. The Morgan fingerprint density at radius 3 is 2.38 bits per heavy atom. The molecule has 0 spiro atoms. The van der Waals surface area contributed by atoms with E-state index in [0.717, 1.165) is 28.4 Å². The first-order valence-electron chi connectivity index (χ1n) is 8.33. The third-order valence-corrected chi connectivity index (χ3v) is 4.00. The monoisotopic (exact) mass is 342 g/mol. The van der Waals surface area contributed by atoms with Gasteiger partial charge in [0.15, 0.2) is 5.82 Å². The van der Waals surface area contributed by atoms with Gasteiger partial charge >= 0.3 is 0 Å². The van der Waals surface area contributed by atoms with Crippen molar-refractivity contribution < 1.29 is 4.74 Å². The van der Waals surface area contributed by atoms with E-state index in [0.29, 0.717) is 12.3 Å². The van der Waals surface area contributed by atoms with Gasteiger partial charge in [-0.1, -0.05) is 36.4 Å². The Hall–Kier alpha value is -3.60. The third-order valence-electron chi connectivity index (χ3n) is 4.00. The van der Waals surface area contributed by atoms with Gasteiger partial charge in [-0.2, -0.15) is 5.10 Å². The van der Waals surface area contributed by atoms with Crippen LogP contribution in [0.15, 0.2) is 85.2 Å². The fraction of sp³-hybridized carbons (Fsp3) is 0.0476. The van der Waals surface area contributed by atoms with Gasteiger partial charge in [-0.05, 0) is 42.0 Å². The summed E-state index contributed by atoms with van der Waals surface area (Å²) in [4.78, 5) is 4.29. The van der Waals surface area contributed by atoms with Crippen molar-refractivity contribution in [3.63, 3.8) is 0 Å². The van der Waals surface area contributed by atoms with E-state index in [1.807, 2.05) is 72.8 Å². The summed E-state index contributed by atoms with van der Waals surface area (Å²) in [7, 11) is 0. The van der Waals surface area contributed by atoms with Crippen LogP contribution in [0.4, 0.5) is 5.69 Å². The smallest absolute Gasteiger partial charge is 0.153 e. The van der Waals surface area contributed by atoms with Crippen molar-refractivity contribution in [3.8, 4) is 22.8 Å². The van der Waals surface area contributed by atoms with Crippen molar-refractivity contribution in [2.75, 3.05) is 5.73 Å². The lowest BCUT2D eigenvalue weighted by molar-refractivity contribution is 0.306. The molecule has 26 heavy (non-hydrogen) atoms. The van der Waals surface area contributed by atoms with E-state index in [2.05, 4.69) is 10.1 Å². The van der Waals surface area contributed by atoms with E-state index in [1.165, 1.54) is 0 Å². The number of benzene rings is 2. The van der Waals surface area contributed by atoms with Crippen molar-refractivity contribution >= 4 is 5.69 Å². The molecule has 0 radical (unpaired) electrons. The molecule has 0 saturated carbocycles. The highest BCUT2D eigenvalue weighted by molar-refractivity contribution is 5.72. The number of nitrogens with two attached hydrogens (primary N) is 1. The largest absolute Gasteiger partial charge is 0.489 e. The third kappa shape index (κ3) is 3.42. The molecule has 0 aliphatic heterocycles. The Bertz CT molecular complexity index is 980. The number of hydrogen-bond acceptors (Lipinski definition) is 4. The summed E-state index contributed by atoms with van der Waals surface area (Å²) < 4.78 is 7.51. The molecule has 2 N–H and O–H groups in total. The molecule has 0 bridgehead atoms. The van der Waals surface area contributed by atoms with Gasteiger partial charge in [-0.3, -0.25) is 0 Å². The molecule has 0 fully saturated rings. The number of anilines is 1. The van der Waals surface area contributed by atoms with E-state index in [-0.39, 0.29) is 0 Å². The molecule has 2 aromatic carbocycles. The fourth-order valence-electron chi connectivity index (χ4n) is 2.67. The second kappa shape index (κ2) is 7.11. The fourth-order valence-corrected chi connectivity index (χ4v) is 2.67. The van der Waals surface area contributed by atoms with Crippen molar-refractivity contribution in [1.29, 1.82) is 0 Å². The molecule has 4 aromatic rings. The minimum Gasteiger partial charge on any atom is -0.489 e. The van der Waals surface area contributed by atoms with Gasteiger partial charge in [-0.25, -0.2) is 9.67 Å². The summed E-state index contributed by atoms with van der Waals surface area (Å²) >= 11 is 0. The summed E-state index contributed by atoms with van der Waals surface area (Å²) in [6.45, 7) is 0.538. The van der Waals surface area contributed by atoms with Gasteiger partial charge in [0.25, 0.3) is 0 Å². The Balaban J connectivity index is 1.51. The summed E-state index contributed by atoms with van der Waals surface area (Å²) in [6.07, 6.45) is 3.50. The molecule has 5 nitrogen and oxygen atoms in total. The average Bonchev–Trinajstić information content (AvgIpc) is 3.10. The highest BCUT2D eigenvalue weighted by Gasteiger charge is 2.10. The summed E-state index contributed by atoms with van der Waals surface area (Å²) in [5, 5.41) is 4.56. The summed E-state index contributed by atoms with van der Waals surface area (Å²) in [6, 6.07) is 23.5. The number of nitrogen functional groups attached to an aromatic ring is 1. The van der Waals surface area contributed by atoms with Crippen LogP contribution < -0.4 is 10.5 Å². The van der Waals surface area contributed by atoms with Crippen LogP contribution in [0, 0.1) is 0 Å². The number of pyridine rings is 1. The molecule has 0 amide bonds. The van der Waals surface area contributed by atoms with Gasteiger partial charge in [0.05, 0.1) is 11.9 Å². The molecule has 0 aliphatic carbocycles. The van der Waals surface area contributed by atoms with Crippen LogP contribution in [0.25, 0.3) is 17.1 Å². The maximum absolute atomic E-state index is 6.14. The van der Waals surface area contributed by atoms with Gasteiger partial charge in [0.2, 0.25) is 0 Å². The Morgan fingerprint density at radius 1 is 0.885 bits per heavy atom. The molecule has 0 saturated heterocycles. The first kappa shape index (κ1) is 15.9. The predicted octanol–water partition coefficient (Wildman–Crippen LogP) is 4.10. The normalized spacial score (nSPS) is 10.6. The first-order chi connectivity index (χ1) is 12.8. The van der Waals surface area contributed by atoms with Crippen LogP contribution in [0.1, 0.15) is 5.56 Å². The lowest BCUT2D eigenvalue weighted by Gasteiger charge is -2.07.